The summed E-state index contributed by atoms with van der Waals surface area (Å²) in [6, 6.07) is 12.2. The highest BCUT2D eigenvalue weighted by atomic mass is 16.4. The Bertz CT molecular complexity index is 561. The molecule has 1 aromatic carbocycles. The second kappa shape index (κ2) is 5.18. The second-order valence-electron chi connectivity index (χ2n) is 3.70. The lowest BCUT2D eigenvalue weighted by Crippen LogP contribution is -2.25. The molecular formula is C13H12N2O3. The van der Waals surface area contributed by atoms with Gasteiger partial charge in [-0.15, -0.1) is 0 Å². The van der Waals surface area contributed by atoms with E-state index in [1.54, 1.807) is 47.2 Å². The van der Waals surface area contributed by atoms with Gasteiger partial charge in [-0.1, -0.05) is 30.3 Å². The monoisotopic (exact) mass is 244 g/mol. The lowest BCUT2D eigenvalue weighted by atomic mass is 10.1. The predicted octanol–water partition coefficient (Wildman–Crippen LogP) is 1.94. The van der Waals surface area contributed by atoms with Crippen molar-refractivity contribution in [3.05, 3.63) is 59.9 Å². The van der Waals surface area contributed by atoms with Gasteiger partial charge in [0, 0.05) is 11.8 Å². The maximum atomic E-state index is 12.2. The molecule has 0 aliphatic heterocycles. The van der Waals surface area contributed by atoms with Crippen LogP contribution in [-0.4, -0.2) is 21.6 Å². The third kappa shape index (κ3) is 2.57. The molecule has 0 saturated carbocycles. The van der Waals surface area contributed by atoms with E-state index >= 15 is 0 Å². The summed E-state index contributed by atoms with van der Waals surface area (Å²) in [5.41, 5.74) is 1.03. The summed E-state index contributed by atoms with van der Waals surface area (Å²) in [5.74, 6) is -0.132. The van der Waals surface area contributed by atoms with Crippen molar-refractivity contribution in [2.75, 3.05) is 0 Å². The highest BCUT2D eigenvalue weighted by Crippen LogP contribution is 2.10. The number of carbonyl (C=O) groups excluding carboxylic acids is 1. The number of hydrogen-bond donors (Lipinski definition) is 2. The first-order chi connectivity index (χ1) is 8.68. The summed E-state index contributed by atoms with van der Waals surface area (Å²) < 4.78 is 1.56. The van der Waals surface area contributed by atoms with Crippen LogP contribution >= 0.6 is 0 Å². The molecule has 1 amide bonds. The number of hydrogen-bond acceptors (Lipinski definition) is 2. The van der Waals surface area contributed by atoms with Crippen molar-refractivity contribution in [1.82, 2.24) is 9.88 Å². The van der Waals surface area contributed by atoms with Gasteiger partial charge in [0.25, 0.3) is 0 Å². The highest BCUT2D eigenvalue weighted by Gasteiger charge is 2.12. The minimum absolute atomic E-state index is 0.0518. The first kappa shape index (κ1) is 11.9. The van der Waals surface area contributed by atoms with Crippen LogP contribution in [0.15, 0.2) is 48.7 Å². The van der Waals surface area contributed by atoms with E-state index in [4.69, 9.17) is 5.11 Å². The number of rotatable bonds is 4. The number of nitrogens with one attached hydrogen (secondary N) is 1. The third-order valence-corrected chi connectivity index (χ3v) is 2.50. The van der Waals surface area contributed by atoms with Crippen LogP contribution in [0.3, 0.4) is 0 Å². The first-order valence-electron chi connectivity index (χ1n) is 5.40. The maximum absolute atomic E-state index is 12.2. The molecule has 0 atom stereocenters. The van der Waals surface area contributed by atoms with E-state index < -0.39 is 6.09 Å². The van der Waals surface area contributed by atoms with Gasteiger partial charge in [-0.25, -0.2) is 4.79 Å². The van der Waals surface area contributed by atoms with Gasteiger partial charge in [0.05, 0.1) is 12.4 Å². The summed E-state index contributed by atoms with van der Waals surface area (Å²) in [6.07, 6.45) is 0.536. The molecule has 5 heteroatoms. The molecule has 2 aromatic rings. The number of ketones is 1. The lowest BCUT2D eigenvalue weighted by Gasteiger charge is -2.08. The van der Waals surface area contributed by atoms with Crippen LogP contribution < -0.4 is 5.32 Å². The molecule has 0 fully saturated rings. The highest BCUT2D eigenvalue weighted by molar-refractivity contribution is 6.07. The fourth-order valence-corrected chi connectivity index (χ4v) is 1.65. The number of amides is 1. The molecule has 0 radical (unpaired) electrons. The molecule has 0 bridgehead atoms. The maximum Gasteiger partial charge on any atom is 0.406 e. The van der Waals surface area contributed by atoms with E-state index in [1.165, 1.54) is 0 Å². The van der Waals surface area contributed by atoms with Gasteiger partial charge < -0.3 is 15.0 Å². The normalized spacial score (nSPS) is 10.0. The van der Waals surface area contributed by atoms with Gasteiger partial charge in [-0.05, 0) is 12.1 Å². The van der Waals surface area contributed by atoms with Crippen molar-refractivity contribution in [3.8, 4) is 0 Å². The van der Waals surface area contributed by atoms with Crippen LogP contribution in [0.5, 0.6) is 0 Å². The summed E-state index contributed by atoms with van der Waals surface area (Å²) >= 11 is 0. The summed E-state index contributed by atoms with van der Waals surface area (Å²) in [4.78, 5) is 22.6. The molecule has 5 nitrogen and oxygen atoms in total. The summed E-state index contributed by atoms with van der Waals surface area (Å²) in [5, 5.41) is 10.8. The molecule has 2 N–H and O–H groups in total. The van der Waals surface area contributed by atoms with Gasteiger partial charge in [0.15, 0.2) is 0 Å². The van der Waals surface area contributed by atoms with E-state index in [0.717, 1.165) is 0 Å². The Morgan fingerprint density at radius 3 is 2.50 bits per heavy atom. The zero-order valence-corrected chi connectivity index (χ0v) is 9.54. The lowest BCUT2D eigenvalue weighted by molar-refractivity contribution is 0.102. The molecule has 0 saturated heterocycles. The topological polar surface area (TPSA) is 71.3 Å². The Balaban J connectivity index is 2.21. The molecule has 1 aromatic heterocycles. The smallest absolute Gasteiger partial charge is 0.406 e. The average molecular weight is 244 g/mol. The molecule has 0 aliphatic carbocycles. The number of carbonyl (C=O) groups is 2. The van der Waals surface area contributed by atoms with Crippen LogP contribution in [0.4, 0.5) is 4.79 Å². The van der Waals surface area contributed by atoms with Crippen LogP contribution in [-0.2, 0) is 6.67 Å². The number of nitrogens with zero attached hydrogens (tertiary/aromatic N) is 1. The minimum Gasteiger partial charge on any atom is -0.465 e. The van der Waals surface area contributed by atoms with Crippen LogP contribution in [0.1, 0.15) is 16.1 Å². The van der Waals surface area contributed by atoms with E-state index in [-0.39, 0.29) is 12.5 Å². The van der Waals surface area contributed by atoms with Gasteiger partial charge in [0.1, 0.15) is 0 Å². The standard InChI is InChI=1S/C13H12N2O3/c16-12(10-5-2-1-3-6-10)11-7-4-8-15(11)9-14-13(17)18/h1-8,14H,9H2,(H,17,18). The molecular weight excluding hydrogens is 232 g/mol. The number of carboxylic acid groups (broad SMARTS) is 1. The average Bonchev–Trinajstić information content (AvgIpc) is 2.85. The van der Waals surface area contributed by atoms with Crippen LogP contribution in [0.25, 0.3) is 0 Å². The predicted molar refractivity (Wildman–Crippen MR) is 65.5 cm³/mol. The Morgan fingerprint density at radius 1 is 1.11 bits per heavy atom. The fourth-order valence-electron chi connectivity index (χ4n) is 1.65. The molecule has 18 heavy (non-hydrogen) atoms. The Kier molecular flexibility index (Phi) is 3.43. The molecule has 0 spiro atoms. The van der Waals surface area contributed by atoms with Gasteiger partial charge in [-0.2, -0.15) is 0 Å². The minimum atomic E-state index is -1.12. The van der Waals surface area contributed by atoms with E-state index in [2.05, 4.69) is 5.32 Å². The summed E-state index contributed by atoms with van der Waals surface area (Å²) in [6.45, 7) is 0.0518. The van der Waals surface area contributed by atoms with E-state index in [1.807, 2.05) is 6.07 Å². The third-order valence-electron chi connectivity index (χ3n) is 2.50. The van der Waals surface area contributed by atoms with Gasteiger partial charge in [-0.3, -0.25) is 4.79 Å². The van der Waals surface area contributed by atoms with Crippen molar-refractivity contribution >= 4 is 11.9 Å². The second-order valence-corrected chi connectivity index (χ2v) is 3.70. The zero-order chi connectivity index (χ0) is 13.0. The number of aromatic nitrogens is 1. The first-order valence-corrected chi connectivity index (χ1v) is 5.40. The van der Waals surface area contributed by atoms with Crippen molar-refractivity contribution < 1.29 is 14.7 Å². The van der Waals surface area contributed by atoms with Crippen LogP contribution in [0.2, 0.25) is 0 Å². The van der Waals surface area contributed by atoms with Crippen molar-refractivity contribution in [3.63, 3.8) is 0 Å². The van der Waals surface area contributed by atoms with Crippen molar-refractivity contribution in [1.29, 1.82) is 0 Å². The van der Waals surface area contributed by atoms with Gasteiger partial charge in [0.2, 0.25) is 5.78 Å². The Labute approximate surface area is 104 Å². The van der Waals surface area contributed by atoms with E-state index in [9.17, 15) is 9.59 Å². The molecule has 2 rings (SSSR count). The molecule has 92 valence electrons. The number of benzene rings is 1. The zero-order valence-electron chi connectivity index (χ0n) is 9.54. The summed E-state index contributed by atoms with van der Waals surface area (Å²) in [7, 11) is 0. The molecule has 0 aliphatic rings. The fraction of sp³-hybridized carbons (Fsp3) is 0.0769. The molecule has 1 heterocycles. The largest absolute Gasteiger partial charge is 0.465 e. The molecule has 0 unspecified atom stereocenters. The Morgan fingerprint density at radius 2 is 1.83 bits per heavy atom. The Hall–Kier alpha value is -2.56. The van der Waals surface area contributed by atoms with Gasteiger partial charge >= 0.3 is 6.09 Å². The van der Waals surface area contributed by atoms with E-state index in [0.29, 0.717) is 11.3 Å². The van der Waals surface area contributed by atoms with Crippen molar-refractivity contribution in [2.24, 2.45) is 0 Å². The van der Waals surface area contributed by atoms with Crippen molar-refractivity contribution in [2.45, 2.75) is 6.67 Å². The quantitative estimate of drug-likeness (QED) is 0.807. The van der Waals surface area contributed by atoms with Crippen LogP contribution in [0, 0.1) is 0 Å². The SMILES string of the molecule is O=C(O)NCn1cccc1C(=O)c1ccccc1.